The molecule has 2 aliphatic rings. The Kier molecular flexibility index (Phi) is 3.59. The molecule has 0 bridgehead atoms. The first-order valence-electron chi connectivity index (χ1n) is 8.27. The number of hydrogen-bond acceptors (Lipinski definition) is 4. The normalized spacial score (nSPS) is 23.5. The minimum atomic E-state index is -0.496. The molecule has 1 saturated heterocycles. The van der Waals surface area contributed by atoms with Crippen LogP contribution in [0, 0.1) is 0 Å². The molecule has 2 aliphatic heterocycles. The molecular weight excluding hydrogens is 306 g/mol. The summed E-state index contributed by atoms with van der Waals surface area (Å²) in [6.45, 7) is 1.22. The smallest absolute Gasteiger partial charge is 0.289 e. The van der Waals surface area contributed by atoms with Gasteiger partial charge in [-0.2, -0.15) is 0 Å². The van der Waals surface area contributed by atoms with Crippen molar-refractivity contribution in [1.29, 1.82) is 0 Å². The van der Waals surface area contributed by atoms with Gasteiger partial charge in [0.15, 0.2) is 11.6 Å². The van der Waals surface area contributed by atoms with E-state index in [2.05, 4.69) is 9.97 Å². The molecule has 2 aromatic rings. The highest BCUT2D eigenvalue weighted by molar-refractivity contribution is 6.00. The van der Waals surface area contributed by atoms with E-state index in [1.807, 2.05) is 24.3 Å². The van der Waals surface area contributed by atoms with Gasteiger partial charge in [0, 0.05) is 31.9 Å². The van der Waals surface area contributed by atoms with Gasteiger partial charge in [-0.25, -0.2) is 4.98 Å². The number of nitrogens with zero attached hydrogens (tertiary/aromatic N) is 2. The van der Waals surface area contributed by atoms with Gasteiger partial charge in [-0.3, -0.25) is 9.59 Å². The average molecular weight is 325 g/mol. The van der Waals surface area contributed by atoms with Gasteiger partial charge in [-0.05, 0) is 25.0 Å². The van der Waals surface area contributed by atoms with Gasteiger partial charge in [0.05, 0.1) is 12.0 Å². The van der Waals surface area contributed by atoms with E-state index < -0.39 is 5.60 Å². The topological polar surface area (TPSA) is 75.3 Å². The third kappa shape index (κ3) is 2.58. The molecule has 6 heteroatoms. The summed E-state index contributed by atoms with van der Waals surface area (Å²) in [7, 11) is 0. The Morgan fingerprint density at radius 1 is 1.25 bits per heavy atom. The van der Waals surface area contributed by atoms with Crippen molar-refractivity contribution in [3.8, 4) is 5.75 Å². The second-order valence-electron chi connectivity index (χ2n) is 6.46. The molecule has 0 radical (unpaired) electrons. The van der Waals surface area contributed by atoms with Gasteiger partial charge in [-0.15, -0.1) is 0 Å². The van der Waals surface area contributed by atoms with Crippen LogP contribution in [-0.4, -0.2) is 45.2 Å². The number of likely N-dealkylation sites (tertiary alicyclic amines) is 1. The van der Waals surface area contributed by atoms with Crippen LogP contribution in [0.3, 0.4) is 0 Å². The predicted octanol–water partition coefficient (Wildman–Crippen LogP) is 2.44. The maximum atomic E-state index is 12.5. The van der Waals surface area contributed by atoms with Crippen LogP contribution < -0.4 is 4.74 Å². The molecule has 1 aromatic carbocycles. The molecule has 1 aromatic heterocycles. The first kappa shape index (κ1) is 14.9. The molecular formula is C18H19N3O3. The fourth-order valence-electron chi connectivity index (χ4n) is 3.62. The molecule has 6 nitrogen and oxygen atoms in total. The number of benzene rings is 1. The van der Waals surface area contributed by atoms with Crippen LogP contribution in [0.4, 0.5) is 0 Å². The molecule has 1 unspecified atom stereocenters. The van der Waals surface area contributed by atoms with Crippen LogP contribution in [0.5, 0.6) is 5.75 Å². The Morgan fingerprint density at radius 3 is 2.96 bits per heavy atom. The number of rotatable bonds is 1. The minimum Gasteiger partial charge on any atom is -0.486 e. The summed E-state index contributed by atoms with van der Waals surface area (Å²) in [6.07, 6.45) is 5.84. The van der Waals surface area contributed by atoms with E-state index in [0.717, 1.165) is 12.8 Å². The number of carbonyl (C=O) groups is 2. The highest BCUT2D eigenvalue weighted by Gasteiger charge is 2.42. The fraction of sp³-hybridized carbons (Fsp3) is 0.389. The van der Waals surface area contributed by atoms with Crippen molar-refractivity contribution in [3.05, 3.63) is 48.0 Å². The van der Waals surface area contributed by atoms with Crippen LogP contribution in [0.1, 0.15) is 46.7 Å². The van der Waals surface area contributed by atoms with E-state index in [-0.39, 0.29) is 11.7 Å². The molecule has 0 aliphatic carbocycles. The van der Waals surface area contributed by atoms with E-state index >= 15 is 0 Å². The van der Waals surface area contributed by atoms with Crippen molar-refractivity contribution < 1.29 is 14.3 Å². The molecule has 0 saturated carbocycles. The van der Waals surface area contributed by atoms with Crippen LogP contribution in [0.2, 0.25) is 0 Å². The number of nitrogens with one attached hydrogen (secondary N) is 1. The predicted molar refractivity (Wildman–Crippen MR) is 87.1 cm³/mol. The van der Waals surface area contributed by atoms with Gasteiger partial charge in [0.2, 0.25) is 0 Å². The largest absolute Gasteiger partial charge is 0.486 e. The van der Waals surface area contributed by atoms with E-state index in [1.54, 1.807) is 17.3 Å². The third-order valence-electron chi connectivity index (χ3n) is 4.88. The lowest BCUT2D eigenvalue weighted by Crippen LogP contribution is -2.43. The lowest BCUT2D eigenvalue weighted by atomic mass is 9.84. The van der Waals surface area contributed by atoms with E-state index in [0.29, 0.717) is 43.1 Å². The number of para-hydroxylation sites is 1. The standard InChI is InChI=1S/C18H19N3O3/c22-14-12-18(24-15-5-2-1-4-13(14)15)6-3-10-21(11-7-18)17(23)16-19-8-9-20-16/h1-2,4-5,8-9H,3,6-7,10-12H2,(H,19,20). The zero-order chi connectivity index (χ0) is 16.6. The maximum Gasteiger partial charge on any atom is 0.289 e. The van der Waals surface area contributed by atoms with Crippen molar-refractivity contribution in [1.82, 2.24) is 14.9 Å². The fourth-order valence-corrected chi connectivity index (χ4v) is 3.62. The van der Waals surface area contributed by atoms with Gasteiger partial charge < -0.3 is 14.6 Å². The van der Waals surface area contributed by atoms with Gasteiger partial charge in [-0.1, -0.05) is 12.1 Å². The van der Waals surface area contributed by atoms with Crippen molar-refractivity contribution in [2.75, 3.05) is 13.1 Å². The highest BCUT2D eigenvalue weighted by atomic mass is 16.5. The van der Waals surface area contributed by atoms with Gasteiger partial charge in [0.1, 0.15) is 11.4 Å². The SMILES string of the molecule is O=C1CC2(CCCN(C(=O)c3ncc[nH]3)CC2)Oc2ccccc21. The van der Waals surface area contributed by atoms with E-state index in [4.69, 9.17) is 4.74 Å². The molecule has 1 amide bonds. The van der Waals surface area contributed by atoms with Gasteiger partial charge >= 0.3 is 0 Å². The monoisotopic (exact) mass is 325 g/mol. The minimum absolute atomic E-state index is 0.0976. The first-order valence-corrected chi connectivity index (χ1v) is 8.27. The zero-order valence-electron chi connectivity index (χ0n) is 13.3. The molecule has 4 rings (SSSR count). The highest BCUT2D eigenvalue weighted by Crippen LogP contribution is 2.39. The summed E-state index contributed by atoms with van der Waals surface area (Å²) >= 11 is 0. The number of carbonyl (C=O) groups excluding carboxylic acids is 2. The third-order valence-corrected chi connectivity index (χ3v) is 4.88. The van der Waals surface area contributed by atoms with Crippen LogP contribution in [-0.2, 0) is 0 Å². The number of H-pyrrole nitrogens is 1. The van der Waals surface area contributed by atoms with Crippen molar-refractivity contribution in [2.24, 2.45) is 0 Å². The molecule has 24 heavy (non-hydrogen) atoms. The van der Waals surface area contributed by atoms with Gasteiger partial charge in [0.25, 0.3) is 5.91 Å². The number of hydrogen-bond donors (Lipinski definition) is 1. The molecule has 1 fully saturated rings. The number of ether oxygens (including phenoxy) is 1. The Morgan fingerprint density at radius 2 is 2.12 bits per heavy atom. The molecule has 1 N–H and O–H groups in total. The first-order chi connectivity index (χ1) is 11.7. The quantitative estimate of drug-likeness (QED) is 0.874. The Bertz CT molecular complexity index is 772. The number of aromatic amines is 1. The second-order valence-corrected chi connectivity index (χ2v) is 6.46. The summed E-state index contributed by atoms with van der Waals surface area (Å²) in [4.78, 5) is 33.7. The summed E-state index contributed by atoms with van der Waals surface area (Å²) in [6, 6.07) is 7.41. The Balaban J connectivity index is 1.53. The lowest BCUT2D eigenvalue weighted by molar-refractivity contribution is 0.0300. The average Bonchev–Trinajstić information content (AvgIpc) is 3.05. The number of fused-ring (bicyclic) bond motifs is 1. The summed E-state index contributed by atoms with van der Waals surface area (Å²) in [5.74, 6) is 1.05. The molecule has 124 valence electrons. The van der Waals surface area contributed by atoms with E-state index in [1.165, 1.54) is 0 Å². The van der Waals surface area contributed by atoms with E-state index in [9.17, 15) is 9.59 Å². The van der Waals surface area contributed by atoms with Crippen LogP contribution in [0.25, 0.3) is 0 Å². The second kappa shape index (κ2) is 5.78. The Hall–Kier alpha value is -2.63. The number of imidazole rings is 1. The lowest BCUT2D eigenvalue weighted by Gasteiger charge is -2.37. The number of Topliss-reactive ketones (excluding diaryl/α,β-unsaturated/α-hetero) is 1. The Labute approximate surface area is 139 Å². The molecule has 3 heterocycles. The van der Waals surface area contributed by atoms with Crippen LogP contribution in [0.15, 0.2) is 36.7 Å². The molecule has 1 atom stereocenters. The van der Waals surface area contributed by atoms with Crippen molar-refractivity contribution >= 4 is 11.7 Å². The zero-order valence-corrected chi connectivity index (χ0v) is 13.3. The summed E-state index contributed by atoms with van der Waals surface area (Å²) in [5.41, 5.74) is 0.166. The van der Waals surface area contributed by atoms with Crippen LogP contribution >= 0.6 is 0 Å². The maximum absolute atomic E-state index is 12.5. The number of aromatic nitrogens is 2. The summed E-state index contributed by atoms with van der Waals surface area (Å²) < 4.78 is 6.25. The number of amides is 1. The molecule has 1 spiro atoms. The summed E-state index contributed by atoms with van der Waals surface area (Å²) in [5, 5.41) is 0. The number of ketones is 1. The van der Waals surface area contributed by atoms with Crippen molar-refractivity contribution in [3.63, 3.8) is 0 Å². The van der Waals surface area contributed by atoms with Crippen molar-refractivity contribution in [2.45, 2.75) is 31.3 Å².